The van der Waals surface area contributed by atoms with Crippen LogP contribution < -0.4 is 0 Å². The molecule has 0 fully saturated rings. The van der Waals surface area contributed by atoms with Crippen molar-refractivity contribution in [2.24, 2.45) is 4.99 Å². The fourth-order valence-electron chi connectivity index (χ4n) is 2.96. The quantitative estimate of drug-likeness (QED) is 0.688. The average Bonchev–Trinajstić information content (AvgIpc) is 3.10. The van der Waals surface area contributed by atoms with Crippen LogP contribution in [-0.4, -0.2) is 33.7 Å². The maximum Gasteiger partial charge on any atom is 0.306 e. The number of carbonyl (C=O) groups is 1. The first-order chi connectivity index (χ1) is 13.3. The van der Waals surface area contributed by atoms with Crippen molar-refractivity contribution in [3.63, 3.8) is 0 Å². The number of methoxy groups -OCH3 is 1. The molecule has 8 heteroatoms. The van der Waals surface area contributed by atoms with E-state index in [0.29, 0.717) is 5.90 Å². The number of nitrogens with zero attached hydrogens (tertiary/aromatic N) is 1. The molecule has 28 heavy (non-hydrogen) atoms. The minimum absolute atomic E-state index is 0.130. The third-order valence-electron chi connectivity index (χ3n) is 4.45. The maximum atomic E-state index is 13.3. The van der Waals surface area contributed by atoms with Gasteiger partial charge in [-0.25, -0.2) is 17.8 Å². The summed E-state index contributed by atoms with van der Waals surface area (Å²) < 4.78 is 47.3. The maximum absolute atomic E-state index is 13.3. The Morgan fingerprint density at radius 1 is 1.11 bits per heavy atom. The monoisotopic (exact) mass is 405 g/mol. The highest BCUT2D eigenvalue weighted by molar-refractivity contribution is 7.90. The van der Waals surface area contributed by atoms with Crippen LogP contribution >= 0.6 is 0 Å². The number of carbonyl (C=O) groups excluding carboxylic acids is 1. The van der Waals surface area contributed by atoms with E-state index >= 15 is 0 Å². The van der Waals surface area contributed by atoms with Gasteiger partial charge in [0.25, 0.3) is 0 Å². The van der Waals surface area contributed by atoms with E-state index < -0.39 is 22.0 Å². The van der Waals surface area contributed by atoms with Crippen molar-refractivity contribution in [2.45, 2.75) is 29.9 Å². The van der Waals surface area contributed by atoms with Crippen LogP contribution in [0.3, 0.4) is 0 Å². The molecule has 2 aromatic carbocycles. The molecular weight excluding hydrogens is 385 g/mol. The van der Waals surface area contributed by atoms with E-state index in [0.717, 1.165) is 17.4 Å². The first-order valence-corrected chi connectivity index (χ1v) is 10.5. The van der Waals surface area contributed by atoms with E-state index in [-0.39, 0.29) is 29.5 Å². The molecular formula is C20H20FNO5S. The SMILES string of the molecule is COC(=O)CCC1=NC(c2ccc(S(C)(=O)=O)cc2)C(c2ccc(F)cc2)O1. The van der Waals surface area contributed by atoms with Crippen molar-refractivity contribution in [1.82, 2.24) is 0 Å². The Balaban J connectivity index is 1.90. The van der Waals surface area contributed by atoms with Gasteiger partial charge in [0.2, 0.25) is 0 Å². The molecule has 148 valence electrons. The van der Waals surface area contributed by atoms with Crippen molar-refractivity contribution >= 4 is 21.7 Å². The van der Waals surface area contributed by atoms with Gasteiger partial charge in [0.1, 0.15) is 11.9 Å². The summed E-state index contributed by atoms with van der Waals surface area (Å²) in [6.07, 6.45) is 1.05. The van der Waals surface area contributed by atoms with Crippen LogP contribution in [-0.2, 0) is 24.1 Å². The van der Waals surface area contributed by atoms with Gasteiger partial charge in [0.15, 0.2) is 21.8 Å². The number of rotatable bonds is 6. The van der Waals surface area contributed by atoms with Gasteiger partial charge in [-0.15, -0.1) is 0 Å². The van der Waals surface area contributed by atoms with Gasteiger partial charge in [-0.2, -0.15) is 0 Å². The minimum atomic E-state index is -3.31. The third kappa shape index (κ3) is 4.56. The Morgan fingerprint density at radius 2 is 1.71 bits per heavy atom. The second kappa shape index (κ2) is 8.10. The highest BCUT2D eigenvalue weighted by Crippen LogP contribution is 2.41. The van der Waals surface area contributed by atoms with Gasteiger partial charge in [-0.3, -0.25) is 4.79 Å². The fraction of sp³-hybridized carbons (Fsp3) is 0.300. The Kier molecular flexibility index (Phi) is 5.79. The lowest BCUT2D eigenvalue weighted by atomic mass is 9.97. The first-order valence-electron chi connectivity index (χ1n) is 8.63. The highest BCUT2D eigenvalue weighted by atomic mass is 32.2. The zero-order chi connectivity index (χ0) is 20.3. The topological polar surface area (TPSA) is 82.0 Å². The molecule has 0 spiro atoms. The molecule has 6 nitrogen and oxygen atoms in total. The van der Waals surface area contributed by atoms with Gasteiger partial charge in [-0.1, -0.05) is 24.3 Å². The highest BCUT2D eigenvalue weighted by Gasteiger charge is 2.33. The molecule has 2 unspecified atom stereocenters. The van der Waals surface area contributed by atoms with Crippen molar-refractivity contribution in [1.29, 1.82) is 0 Å². The molecule has 1 heterocycles. The molecule has 0 saturated heterocycles. The lowest BCUT2D eigenvalue weighted by Gasteiger charge is -2.18. The Labute approximate surface area is 162 Å². The first kappa shape index (κ1) is 20.0. The Morgan fingerprint density at radius 3 is 2.29 bits per heavy atom. The summed E-state index contributed by atoms with van der Waals surface area (Å²) >= 11 is 0. The zero-order valence-corrected chi connectivity index (χ0v) is 16.3. The number of ether oxygens (including phenoxy) is 2. The van der Waals surface area contributed by atoms with Crippen LogP contribution in [0.15, 0.2) is 58.4 Å². The number of hydrogen-bond donors (Lipinski definition) is 0. The summed E-state index contributed by atoms with van der Waals surface area (Å²) in [5.41, 5.74) is 1.49. The molecule has 0 radical (unpaired) electrons. The Bertz CT molecular complexity index is 984. The summed E-state index contributed by atoms with van der Waals surface area (Å²) in [6.45, 7) is 0. The molecule has 0 aliphatic carbocycles. The number of aliphatic imine (C=N–C) groups is 1. The molecule has 0 aromatic heterocycles. The van der Waals surface area contributed by atoms with E-state index in [9.17, 15) is 17.6 Å². The molecule has 3 rings (SSSR count). The predicted octanol–water partition coefficient (Wildman–Crippen LogP) is 3.39. The van der Waals surface area contributed by atoms with Crippen LogP contribution in [0.4, 0.5) is 4.39 Å². The standard InChI is InChI=1S/C20H20FNO5S/c1-26-18(23)12-11-17-22-19(13-5-9-16(10-6-13)28(2,24)25)20(27-17)14-3-7-15(21)8-4-14/h3-10,19-20H,11-12H2,1-2H3. The minimum Gasteiger partial charge on any atom is -0.470 e. The van der Waals surface area contributed by atoms with Crippen LogP contribution in [0.1, 0.15) is 36.1 Å². The van der Waals surface area contributed by atoms with Crippen LogP contribution in [0.25, 0.3) is 0 Å². The van der Waals surface area contributed by atoms with Crippen molar-refractivity contribution in [3.05, 3.63) is 65.5 Å². The number of benzene rings is 2. The van der Waals surface area contributed by atoms with Gasteiger partial charge >= 0.3 is 5.97 Å². The lowest BCUT2D eigenvalue weighted by molar-refractivity contribution is -0.140. The summed E-state index contributed by atoms with van der Waals surface area (Å²) in [5.74, 6) is -0.329. The number of halogens is 1. The smallest absolute Gasteiger partial charge is 0.306 e. The van der Waals surface area contributed by atoms with Crippen molar-refractivity contribution in [2.75, 3.05) is 13.4 Å². The molecule has 0 bridgehead atoms. The second-order valence-electron chi connectivity index (χ2n) is 6.48. The molecule has 0 N–H and O–H groups in total. The van der Waals surface area contributed by atoms with E-state index in [2.05, 4.69) is 9.73 Å². The summed E-state index contributed by atoms with van der Waals surface area (Å²) in [6, 6.07) is 11.9. The van der Waals surface area contributed by atoms with Crippen LogP contribution in [0.2, 0.25) is 0 Å². The summed E-state index contributed by atoms with van der Waals surface area (Å²) in [7, 11) is -1.99. The largest absolute Gasteiger partial charge is 0.470 e. The van der Waals surface area contributed by atoms with Crippen molar-refractivity contribution in [3.8, 4) is 0 Å². The average molecular weight is 405 g/mol. The summed E-state index contributed by atoms with van der Waals surface area (Å²) in [4.78, 5) is 16.2. The molecule has 2 atom stereocenters. The number of sulfone groups is 1. The third-order valence-corrected chi connectivity index (χ3v) is 5.58. The second-order valence-corrected chi connectivity index (χ2v) is 8.49. The molecule has 0 saturated carbocycles. The van der Waals surface area contributed by atoms with E-state index in [1.54, 1.807) is 24.3 Å². The molecule has 1 aliphatic rings. The Hall–Kier alpha value is -2.74. The number of esters is 1. The van der Waals surface area contributed by atoms with Gasteiger partial charge < -0.3 is 9.47 Å². The van der Waals surface area contributed by atoms with Gasteiger partial charge in [0.05, 0.1) is 18.4 Å². The van der Waals surface area contributed by atoms with Crippen LogP contribution in [0.5, 0.6) is 0 Å². The van der Waals surface area contributed by atoms with Gasteiger partial charge in [-0.05, 0) is 35.4 Å². The van der Waals surface area contributed by atoms with E-state index in [1.165, 1.54) is 31.4 Å². The predicted molar refractivity (Wildman–Crippen MR) is 101 cm³/mol. The molecule has 1 aliphatic heterocycles. The molecule has 2 aromatic rings. The zero-order valence-electron chi connectivity index (χ0n) is 15.5. The van der Waals surface area contributed by atoms with Crippen molar-refractivity contribution < 1.29 is 27.1 Å². The van der Waals surface area contributed by atoms with E-state index in [4.69, 9.17) is 4.74 Å². The van der Waals surface area contributed by atoms with E-state index in [1.807, 2.05) is 0 Å². The number of hydrogen-bond acceptors (Lipinski definition) is 6. The fourth-order valence-corrected chi connectivity index (χ4v) is 3.59. The summed E-state index contributed by atoms with van der Waals surface area (Å²) in [5, 5.41) is 0. The van der Waals surface area contributed by atoms with Crippen LogP contribution in [0, 0.1) is 5.82 Å². The lowest BCUT2D eigenvalue weighted by Crippen LogP contribution is -2.10. The molecule has 0 amide bonds. The van der Waals surface area contributed by atoms with Gasteiger partial charge in [0, 0.05) is 12.7 Å². The normalized spacial score (nSPS) is 19.0.